The molecule has 1 fully saturated rings. The third-order valence-electron chi connectivity index (χ3n) is 2.72. The number of thioether (sulfide) groups is 1. The highest BCUT2D eigenvalue weighted by atomic mass is 32.2. The second-order valence-corrected chi connectivity index (χ2v) is 5.80. The maximum atomic E-state index is 5.36. The Labute approximate surface area is 85.8 Å². The van der Waals surface area contributed by atoms with E-state index in [-0.39, 0.29) is 5.60 Å². The van der Waals surface area contributed by atoms with Gasteiger partial charge in [-0.2, -0.15) is 11.8 Å². The minimum atomic E-state index is -0.0347. The van der Waals surface area contributed by atoms with Crippen molar-refractivity contribution >= 4 is 11.8 Å². The number of nitrogens with one attached hydrogen (secondary N) is 1. The second-order valence-electron chi connectivity index (χ2n) is 4.32. The fourth-order valence-corrected chi connectivity index (χ4v) is 2.68. The van der Waals surface area contributed by atoms with Crippen LogP contribution in [0.2, 0.25) is 0 Å². The van der Waals surface area contributed by atoms with Gasteiger partial charge in [-0.05, 0) is 26.0 Å². The summed E-state index contributed by atoms with van der Waals surface area (Å²) < 4.78 is 5.36. The smallest absolute Gasteiger partial charge is 0.0746 e. The molecule has 1 saturated heterocycles. The Morgan fingerprint density at radius 3 is 2.69 bits per heavy atom. The Balaban J connectivity index is 2.25. The lowest BCUT2D eigenvalue weighted by Crippen LogP contribution is -2.43. The predicted octanol–water partition coefficient (Wildman–Crippen LogP) is 1.90. The molecule has 0 aromatic carbocycles. The van der Waals surface area contributed by atoms with Gasteiger partial charge in [0.1, 0.15) is 0 Å². The molecule has 0 bridgehead atoms. The molecule has 78 valence electrons. The van der Waals surface area contributed by atoms with Crippen LogP contribution in [-0.4, -0.2) is 36.3 Å². The Morgan fingerprint density at radius 1 is 1.54 bits per heavy atom. The van der Waals surface area contributed by atoms with Crippen LogP contribution < -0.4 is 5.32 Å². The zero-order valence-corrected chi connectivity index (χ0v) is 9.91. The van der Waals surface area contributed by atoms with Crippen LogP contribution in [0.1, 0.15) is 27.2 Å². The molecule has 0 aliphatic carbocycles. The van der Waals surface area contributed by atoms with Gasteiger partial charge in [-0.3, -0.25) is 0 Å². The van der Waals surface area contributed by atoms with Crippen molar-refractivity contribution < 1.29 is 4.74 Å². The third kappa shape index (κ3) is 3.49. The molecule has 1 heterocycles. The van der Waals surface area contributed by atoms with Crippen LogP contribution in [0.25, 0.3) is 0 Å². The molecule has 3 heteroatoms. The summed E-state index contributed by atoms with van der Waals surface area (Å²) in [5.74, 6) is 1.30. The van der Waals surface area contributed by atoms with Crippen LogP contribution >= 0.6 is 11.8 Å². The van der Waals surface area contributed by atoms with Crippen LogP contribution in [0.3, 0.4) is 0 Å². The Bertz CT molecular complexity index is 161. The van der Waals surface area contributed by atoms with Gasteiger partial charge in [0, 0.05) is 24.9 Å². The average molecular weight is 203 g/mol. The normalized spacial score (nSPS) is 29.5. The molecule has 0 amide bonds. The summed E-state index contributed by atoms with van der Waals surface area (Å²) in [6.45, 7) is 7.48. The van der Waals surface area contributed by atoms with Crippen molar-refractivity contribution in [3.63, 3.8) is 0 Å². The minimum absolute atomic E-state index is 0.0347. The van der Waals surface area contributed by atoms with E-state index in [9.17, 15) is 0 Å². The van der Waals surface area contributed by atoms with Gasteiger partial charge in [-0.1, -0.05) is 6.92 Å². The van der Waals surface area contributed by atoms with Gasteiger partial charge >= 0.3 is 0 Å². The summed E-state index contributed by atoms with van der Waals surface area (Å²) >= 11 is 2.06. The minimum Gasteiger partial charge on any atom is -0.377 e. The third-order valence-corrected chi connectivity index (χ3v) is 4.04. The topological polar surface area (TPSA) is 21.3 Å². The molecule has 0 spiro atoms. The predicted molar refractivity (Wildman–Crippen MR) is 59.4 cm³/mol. The molecule has 0 aromatic rings. The van der Waals surface area contributed by atoms with Gasteiger partial charge < -0.3 is 10.1 Å². The summed E-state index contributed by atoms with van der Waals surface area (Å²) in [6.07, 6.45) is 1.30. The molecule has 0 saturated carbocycles. The van der Waals surface area contributed by atoms with Crippen LogP contribution in [0.5, 0.6) is 0 Å². The van der Waals surface area contributed by atoms with Crippen molar-refractivity contribution in [3.8, 4) is 0 Å². The van der Waals surface area contributed by atoms with Crippen LogP contribution in [0.4, 0.5) is 0 Å². The van der Waals surface area contributed by atoms with E-state index in [2.05, 4.69) is 37.8 Å². The summed E-state index contributed by atoms with van der Waals surface area (Å²) in [6, 6.07) is 0.680. The molecule has 2 atom stereocenters. The standard InChI is InChI=1S/C10H21NOS/c1-8-9(5-6-13-8)11-7-10(2,3)12-4/h8-9,11H,5-7H2,1-4H3. The fourth-order valence-electron chi connectivity index (χ4n) is 1.45. The van der Waals surface area contributed by atoms with Gasteiger partial charge in [-0.25, -0.2) is 0 Å². The van der Waals surface area contributed by atoms with Gasteiger partial charge in [-0.15, -0.1) is 0 Å². The van der Waals surface area contributed by atoms with Crippen molar-refractivity contribution in [3.05, 3.63) is 0 Å². The van der Waals surface area contributed by atoms with E-state index in [1.807, 2.05) is 0 Å². The zero-order chi connectivity index (χ0) is 9.90. The highest BCUT2D eigenvalue weighted by Crippen LogP contribution is 2.26. The highest BCUT2D eigenvalue weighted by molar-refractivity contribution is 8.00. The van der Waals surface area contributed by atoms with E-state index < -0.39 is 0 Å². The van der Waals surface area contributed by atoms with Crippen LogP contribution in [0, 0.1) is 0 Å². The first-order valence-corrected chi connectivity index (χ1v) is 6.00. The summed E-state index contributed by atoms with van der Waals surface area (Å²) in [7, 11) is 1.77. The average Bonchev–Trinajstić information content (AvgIpc) is 2.48. The first kappa shape index (κ1) is 11.3. The Kier molecular flexibility index (Phi) is 4.07. The van der Waals surface area contributed by atoms with E-state index in [1.54, 1.807) is 7.11 Å². The maximum Gasteiger partial charge on any atom is 0.0746 e. The first-order valence-electron chi connectivity index (χ1n) is 4.95. The van der Waals surface area contributed by atoms with Crippen molar-refractivity contribution in [2.75, 3.05) is 19.4 Å². The molecule has 1 N–H and O–H groups in total. The number of ether oxygens (including phenoxy) is 1. The van der Waals surface area contributed by atoms with Gasteiger partial charge in [0.05, 0.1) is 5.60 Å². The lowest BCUT2D eigenvalue weighted by molar-refractivity contribution is 0.0212. The number of hydrogen-bond acceptors (Lipinski definition) is 3. The van der Waals surface area contributed by atoms with Crippen molar-refractivity contribution in [1.82, 2.24) is 5.32 Å². The van der Waals surface area contributed by atoms with E-state index in [0.29, 0.717) is 6.04 Å². The van der Waals surface area contributed by atoms with E-state index >= 15 is 0 Å². The van der Waals surface area contributed by atoms with Crippen LogP contribution in [-0.2, 0) is 4.74 Å². The van der Waals surface area contributed by atoms with Gasteiger partial charge in [0.2, 0.25) is 0 Å². The van der Waals surface area contributed by atoms with Crippen LogP contribution in [0.15, 0.2) is 0 Å². The van der Waals surface area contributed by atoms with Gasteiger partial charge in [0.15, 0.2) is 0 Å². The quantitative estimate of drug-likeness (QED) is 0.754. The summed E-state index contributed by atoms with van der Waals surface area (Å²) in [5.41, 5.74) is -0.0347. The largest absolute Gasteiger partial charge is 0.377 e. The molecule has 1 aliphatic heterocycles. The monoisotopic (exact) mass is 203 g/mol. The number of methoxy groups -OCH3 is 1. The lowest BCUT2D eigenvalue weighted by atomic mass is 10.1. The highest BCUT2D eigenvalue weighted by Gasteiger charge is 2.26. The molecule has 13 heavy (non-hydrogen) atoms. The lowest BCUT2D eigenvalue weighted by Gasteiger charge is -2.26. The fraction of sp³-hybridized carbons (Fsp3) is 1.00. The van der Waals surface area contributed by atoms with E-state index in [0.717, 1.165) is 11.8 Å². The molecular weight excluding hydrogens is 182 g/mol. The molecule has 1 rings (SSSR count). The zero-order valence-electron chi connectivity index (χ0n) is 9.09. The second kappa shape index (κ2) is 4.67. The Morgan fingerprint density at radius 2 is 2.23 bits per heavy atom. The first-order chi connectivity index (χ1) is 6.05. The van der Waals surface area contributed by atoms with Gasteiger partial charge in [0.25, 0.3) is 0 Å². The Hall–Kier alpha value is 0.270. The maximum absolute atomic E-state index is 5.36. The van der Waals surface area contributed by atoms with Crippen molar-refractivity contribution in [2.45, 2.75) is 44.1 Å². The number of rotatable bonds is 4. The number of hydrogen-bond donors (Lipinski definition) is 1. The molecular formula is C10H21NOS. The molecule has 0 radical (unpaired) electrons. The van der Waals surface area contributed by atoms with E-state index in [4.69, 9.17) is 4.74 Å². The molecule has 0 aromatic heterocycles. The SMILES string of the molecule is COC(C)(C)CNC1CCSC1C. The summed E-state index contributed by atoms with van der Waals surface area (Å²) in [5, 5.41) is 4.33. The van der Waals surface area contributed by atoms with Crippen molar-refractivity contribution in [1.29, 1.82) is 0 Å². The summed E-state index contributed by atoms with van der Waals surface area (Å²) in [4.78, 5) is 0. The van der Waals surface area contributed by atoms with Crippen molar-refractivity contribution in [2.24, 2.45) is 0 Å². The molecule has 2 unspecified atom stereocenters. The molecule has 2 nitrogen and oxygen atoms in total. The van der Waals surface area contributed by atoms with E-state index in [1.165, 1.54) is 12.2 Å². The molecule has 1 aliphatic rings.